The first-order valence-electron chi connectivity index (χ1n) is 10.0. The largest absolute Gasteiger partial charge is 0.490 e. The number of hydrogen-bond acceptors (Lipinski definition) is 6. The first kappa shape index (κ1) is 20.4. The summed E-state index contributed by atoms with van der Waals surface area (Å²) in [5, 5.41) is 9.74. The predicted octanol–water partition coefficient (Wildman–Crippen LogP) is 2.30. The van der Waals surface area contributed by atoms with Crippen LogP contribution in [0.2, 0.25) is 0 Å². The lowest BCUT2D eigenvalue weighted by molar-refractivity contribution is -0.123. The van der Waals surface area contributed by atoms with Gasteiger partial charge in [-0.15, -0.1) is 0 Å². The number of carbonyl (C=O) groups is 2. The fourth-order valence-electron chi connectivity index (χ4n) is 3.37. The second kappa shape index (κ2) is 9.29. The zero-order chi connectivity index (χ0) is 21.6. The summed E-state index contributed by atoms with van der Waals surface area (Å²) in [6, 6.07) is 14.8. The maximum atomic E-state index is 12.2. The SMILES string of the molecule is CCOc1cc([C@@H]2CC(=O)Nc3ncnn32)ccc1OCC(=O)NCc1ccccc1. The Bertz CT molecular complexity index is 1070. The van der Waals surface area contributed by atoms with Crippen LogP contribution >= 0.6 is 0 Å². The number of fused-ring (bicyclic) bond motifs is 1. The first-order valence-corrected chi connectivity index (χ1v) is 10.0. The molecule has 2 N–H and O–H groups in total. The van der Waals surface area contributed by atoms with E-state index in [-0.39, 0.29) is 30.9 Å². The summed E-state index contributed by atoms with van der Waals surface area (Å²) in [5.41, 5.74) is 1.85. The molecule has 2 aromatic carbocycles. The van der Waals surface area contributed by atoms with E-state index in [0.29, 0.717) is 30.6 Å². The van der Waals surface area contributed by atoms with Crippen molar-refractivity contribution in [1.82, 2.24) is 20.1 Å². The molecular weight excluding hydrogens is 398 g/mol. The highest BCUT2D eigenvalue weighted by atomic mass is 16.5. The Balaban J connectivity index is 1.44. The highest BCUT2D eigenvalue weighted by molar-refractivity contribution is 5.91. The van der Waals surface area contributed by atoms with Crippen molar-refractivity contribution in [2.24, 2.45) is 0 Å². The van der Waals surface area contributed by atoms with E-state index in [1.807, 2.05) is 49.4 Å². The van der Waals surface area contributed by atoms with Crippen LogP contribution in [0.15, 0.2) is 54.9 Å². The van der Waals surface area contributed by atoms with Crippen molar-refractivity contribution in [3.05, 3.63) is 66.0 Å². The monoisotopic (exact) mass is 421 g/mol. The zero-order valence-corrected chi connectivity index (χ0v) is 17.1. The molecule has 9 heteroatoms. The van der Waals surface area contributed by atoms with Gasteiger partial charge >= 0.3 is 0 Å². The Hall–Kier alpha value is -3.88. The molecule has 2 heterocycles. The molecule has 9 nitrogen and oxygen atoms in total. The number of anilines is 1. The number of hydrogen-bond donors (Lipinski definition) is 2. The van der Waals surface area contributed by atoms with E-state index in [1.165, 1.54) is 6.33 Å². The number of ether oxygens (including phenoxy) is 2. The van der Waals surface area contributed by atoms with Crippen LogP contribution in [0.4, 0.5) is 5.95 Å². The molecule has 31 heavy (non-hydrogen) atoms. The number of nitrogens with one attached hydrogen (secondary N) is 2. The molecule has 0 aliphatic carbocycles. The highest BCUT2D eigenvalue weighted by Gasteiger charge is 2.28. The van der Waals surface area contributed by atoms with Crippen LogP contribution in [0.5, 0.6) is 11.5 Å². The molecule has 0 unspecified atom stereocenters. The van der Waals surface area contributed by atoms with E-state index in [1.54, 1.807) is 10.7 Å². The maximum Gasteiger partial charge on any atom is 0.258 e. The molecule has 2 amide bonds. The minimum Gasteiger partial charge on any atom is -0.490 e. The predicted molar refractivity (Wildman–Crippen MR) is 113 cm³/mol. The molecule has 0 fully saturated rings. The summed E-state index contributed by atoms with van der Waals surface area (Å²) in [6.07, 6.45) is 1.65. The third-order valence-corrected chi connectivity index (χ3v) is 4.84. The average Bonchev–Trinajstić information content (AvgIpc) is 3.25. The second-order valence-electron chi connectivity index (χ2n) is 6.99. The lowest BCUT2D eigenvalue weighted by Crippen LogP contribution is -2.29. The second-order valence-corrected chi connectivity index (χ2v) is 6.99. The van der Waals surface area contributed by atoms with Crippen molar-refractivity contribution in [2.45, 2.75) is 25.9 Å². The van der Waals surface area contributed by atoms with Gasteiger partial charge in [0, 0.05) is 6.54 Å². The summed E-state index contributed by atoms with van der Waals surface area (Å²) in [4.78, 5) is 28.3. The summed E-state index contributed by atoms with van der Waals surface area (Å²) < 4.78 is 13.1. The van der Waals surface area contributed by atoms with Gasteiger partial charge in [-0.3, -0.25) is 14.9 Å². The van der Waals surface area contributed by atoms with Gasteiger partial charge < -0.3 is 14.8 Å². The molecule has 1 aliphatic rings. The van der Waals surface area contributed by atoms with Crippen molar-refractivity contribution in [3.8, 4) is 11.5 Å². The molecule has 0 spiro atoms. The van der Waals surface area contributed by atoms with Gasteiger partial charge in [-0.25, -0.2) is 4.68 Å². The van der Waals surface area contributed by atoms with Gasteiger partial charge in [0.2, 0.25) is 11.9 Å². The summed E-state index contributed by atoms with van der Waals surface area (Å²) in [5.74, 6) is 1.02. The average molecular weight is 421 g/mol. The van der Waals surface area contributed by atoms with Gasteiger partial charge in [0.05, 0.1) is 19.1 Å². The Morgan fingerprint density at radius 2 is 2.03 bits per heavy atom. The smallest absolute Gasteiger partial charge is 0.258 e. The van der Waals surface area contributed by atoms with Crippen molar-refractivity contribution in [3.63, 3.8) is 0 Å². The Morgan fingerprint density at radius 1 is 1.19 bits per heavy atom. The molecule has 160 valence electrons. The minimum absolute atomic E-state index is 0.126. The standard InChI is InChI=1S/C22H23N5O4/c1-2-30-19-10-16(17-11-20(28)26-22-24-14-25-27(17)22)8-9-18(19)31-13-21(29)23-12-15-6-4-3-5-7-15/h3-10,14,17H,2,11-13H2,1H3,(H,23,29)(H,24,25,26,28)/t17-/m0/s1. The third-order valence-electron chi connectivity index (χ3n) is 4.84. The third kappa shape index (κ3) is 4.82. The van der Waals surface area contributed by atoms with Gasteiger partial charge in [0.1, 0.15) is 6.33 Å². The van der Waals surface area contributed by atoms with E-state index < -0.39 is 0 Å². The van der Waals surface area contributed by atoms with Gasteiger partial charge in [0.25, 0.3) is 5.91 Å². The van der Waals surface area contributed by atoms with E-state index in [2.05, 4.69) is 20.7 Å². The first-order chi connectivity index (χ1) is 15.1. The van der Waals surface area contributed by atoms with Crippen LogP contribution < -0.4 is 20.1 Å². The molecular formula is C22H23N5O4. The number of rotatable bonds is 8. The van der Waals surface area contributed by atoms with Crippen molar-refractivity contribution < 1.29 is 19.1 Å². The number of amides is 2. The van der Waals surface area contributed by atoms with Gasteiger partial charge in [-0.2, -0.15) is 10.1 Å². The number of aromatic nitrogens is 3. The number of benzene rings is 2. The molecule has 0 bridgehead atoms. The number of carbonyl (C=O) groups excluding carboxylic acids is 2. The quantitative estimate of drug-likeness (QED) is 0.578. The molecule has 0 saturated heterocycles. The molecule has 1 atom stereocenters. The fourth-order valence-corrected chi connectivity index (χ4v) is 3.37. The molecule has 3 aromatic rings. The lowest BCUT2D eigenvalue weighted by atomic mass is 10.0. The summed E-state index contributed by atoms with van der Waals surface area (Å²) >= 11 is 0. The Kier molecular flexibility index (Phi) is 6.11. The Morgan fingerprint density at radius 3 is 2.84 bits per heavy atom. The van der Waals surface area contributed by atoms with Crippen LogP contribution in [-0.2, 0) is 16.1 Å². The van der Waals surface area contributed by atoms with Crippen LogP contribution in [0.1, 0.15) is 30.5 Å². The lowest BCUT2D eigenvalue weighted by Gasteiger charge is -2.24. The molecule has 0 radical (unpaired) electrons. The van der Waals surface area contributed by atoms with Crippen LogP contribution in [0.25, 0.3) is 0 Å². The molecule has 0 saturated carbocycles. The molecule has 4 rings (SSSR count). The van der Waals surface area contributed by atoms with E-state index in [9.17, 15) is 9.59 Å². The summed E-state index contributed by atoms with van der Waals surface area (Å²) in [7, 11) is 0. The maximum absolute atomic E-state index is 12.2. The van der Waals surface area contributed by atoms with E-state index in [4.69, 9.17) is 9.47 Å². The van der Waals surface area contributed by atoms with Crippen molar-refractivity contribution in [1.29, 1.82) is 0 Å². The van der Waals surface area contributed by atoms with Gasteiger partial charge in [-0.1, -0.05) is 36.4 Å². The molecule has 1 aliphatic heterocycles. The van der Waals surface area contributed by atoms with Gasteiger partial charge in [-0.05, 0) is 30.2 Å². The fraction of sp³-hybridized carbons (Fsp3) is 0.273. The summed E-state index contributed by atoms with van der Waals surface area (Å²) in [6.45, 7) is 2.60. The van der Waals surface area contributed by atoms with Crippen LogP contribution in [0, 0.1) is 0 Å². The van der Waals surface area contributed by atoms with E-state index >= 15 is 0 Å². The highest BCUT2D eigenvalue weighted by Crippen LogP contribution is 2.35. The van der Waals surface area contributed by atoms with Gasteiger partial charge in [0.15, 0.2) is 18.1 Å². The molecule has 1 aromatic heterocycles. The number of nitrogens with zero attached hydrogens (tertiary/aromatic N) is 3. The van der Waals surface area contributed by atoms with E-state index in [0.717, 1.165) is 11.1 Å². The van der Waals surface area contributed by atoms with Crippen molar-refractivity contribution >= 4 is 17.8 Å². The minimum atomic E-state index is -0.298. The zero-order valence-electron chi connectivity index (χ0n) is 17.1. The Labute approximate surface area is 179 Å². The van der Waals surface area contributed by atoms with Crippen LogP contribution in [-0.4, -0.2) is 39.8 Å². The van der Waals surface area contributed by atoms with Crippen molar-refractivity contribution in [2.75, 3.05) is 18.5 Å². The van der Waals surface area contributed by atoms with Crippen LogP contribution in [0.3, 0.4) is 0 Å². The topological polar surface area (TPSA) is 107 Å². The normalized spacial score (nSPS) is 15.0.